The summed E-state index contributed by atoms with van der Waals surface area (Å²) in [6.45, 7) is 7.13. The normalized spacial score (nSPS) is 23.3. The van der Waals surface area contributed by atoms with Crippen molar-refractivity contribution in [2.45, 2.75) is 122 Å². The molecule has 19 heteroatoms. The summed E-state index contributed by atoms with van der Waals surface area (Å²) in [6, 6.07) is 0.733. The molecule has 2 fully saturated rings. The number of benzene rings is 1. The zero-order valence-corrected chi connectivity index (χ0v) is 32.8. The number of ether oxygens (including phenoxy) is 1. The molecule has 5 amide bonds. The lowest BCUT2D eigenvalue weighted by Gasteiger charge is -2.37. The van der Waals surface area contributed by atoms with Crippen LogP contribution in [-0.2, 0) is 37.4 Å². The number of amides is 5. The minimum absolute atomic E-state index is 0.0165. The van der Waals surface area contributed by atoms with E-state index in [0.717, 1.165) is 10.6 Å². The van der Waals surface area contributed by atoms with E-state index < -0.39 is 94.5 Å². The van der Waals surface area contributed by atoms with Crippen LogP contribution in [0.15, 0.2) is 18.2 Å². The van der Waals surface area contributed by atoms with Gasteiger partial charge in [0.05, 0.1) is 31.4 Å². The van der Waals surface area contributed by atoms with Crippen molar-refractivity contribution in [3.63, 3.8) is 0 Å². The highest BCUT2D eigenvalue weighted by Gasteiger charge is 2.47. The number of sulfonamides is 1. The number of halogens is 1. The van der Waals surface area contributed by atoms with E-state index in [2.05, 4.69) is 16.0 Å². The van der Waals surface area contributed by atoms with Crippen LogP contribution in [0.1, 0.15) is 83.8 Å². The van der Waals surface area contributed by atoms with Gasteiger partial charge in [-0.15, -0.1) is 0 Å². The van der Waals surface area contributed by atoms with Crippen LogP contribution >= 0.6 is 0 Å². The van der Waals surface area contributed by atoms with Gasteiger partial charge in [0.15, 0.2) is 0 Å². The smallest absolute Gasteiger partial charge is 0.444 e. The molecule has 54 heavy (non-hydrogen) atoms. The van der Waals surface area contributed by atoms with Gasteiger partial charge < -0.3 is 40.7 Å². The van der Waals surface area contributed by atoms with Gasteiger partial charge >= 0.3 is 19.2 Å². The molecule has 2 aliphatic heterocycles. The van der Waals surface area contributed by atoms with E-state index in [9.17, 15) is 47.1 Å². The van der Waals surface area contributed by atoms with E-state index in [4.69, 9.17) is 4.74 Å². The molecule has 6 N–H and O–H groups in total. The third-order valence-electron chi connectivity index (χ3n) is 10.7. The number of carbonyl (C=O) groups is 4. The highest BCUT2D eigenvalue weighted by atomic mass is 32.2. The summed E-state index contributed by atoms with van der Waals surface area (Å²) in [6.07, 6.45) is 0.843. The van der Waals surface area contributed by atoms with Gasteiger partial charge in [0.1, 0.15) is 24.0 Å². The Morgan fingerprint density at radius 1 is 1.07 bits per heavy atom. The molecule has 0 unspecified atom stereocenters. The third-order valence-corrected chi connectivity index (χ3v) is 12.0. The van der Waals surface area contributed by atoms with Crippen molar-refractivity contribution in [1.82, 2.24) is 30.1 Å². The average Bonchev–Trinajstić information content (AvgIpc) is 3.72. The second-order valence-electron chi connectivity index (χ2n) is 15.9. The van der Waals surface area contributed by atoms with E-state index in [0.29, 0.717) is 43.2 Å². The molecule has 1 saturated carbocycles. The van der Waals surface area contributed by atoms with Gasteiger partial charge in [-0.05, 0) is 55.1 Å². The van der Waals surface area contributed by atoms with Gasteiger partial charge in [-0.25, -0.2) is 26.7 Å². The quantitative estimate of drug-likeness (QED) is 0.157. The van der Waals surface area contributed by atoms with Crippen molar-refractivity contribution in [3.05, 3.63) is 35.1 Å². The summed E-state index contributed by atoms with van der Waals surface area (Å²) in [7, 11) is -4.06. The minimum atomic E-state index is -3.58. The van der Waals surface area contributed by atoms with E-state index in [1.807, 2.05) is 20.8 Å². The van der Waals surface area contributed by atoms with E-state index in [1.54, 1.807) is 19.1 Å². The number of hydrogen-bond donors (Lipinski definition) is 6. The van der Waals surface area contributed by atoms with Crippen LogP contribution in [0.2, 0.25) is 0 Å². The number of hydrogen-bond acceptors (Lipinski definition) is 10. The largest absolute Gasteiger partial charge is 0.475 e. The van der Waals surface area contributed by atoms with Crippen molar-refractivity contribution in [3.8, 4) is 0 Å². The molecular formula is C35H56BFN6O10S. The number of nitrogens with zero attached hydrogens (tertiary/aromatic N) is 3. The SMILES string of the molecule is CCC[C@H](NC(=O)[C@@H]1C[C@@H](OC(=O)N2Cc3cccc(F)c3C2)CN1C(=O)[C@@H](NC(=O)N[C@H](CN(C)S(C)(=O)=O)C(C)(C)C)C1CCC(O)CC1)B(O)O. The Bertz CT molecular complexity index is 1620. The molecule has 4 rings (SSSR count). The number of fused-ring (bicyclic) bond motifs is 1. The Kier molecular flexibility index (Phi) is 14.4. The fourth-order valence-corrected chi connectivity index (χ4v) is 7.67. The van der Waals surface area contributed by atoms with E-state index >= 15 is 0 Å². The number of carbonyl (C=O) groups excluding carboxylic acids is 4. The average molecular weight is 783 g/mol. The Morgan fingerprint density at radius 3 is 2.31 bits per heavy atom. The molecule has 5 atom stereocenters. The number of aliphatic hydroxyl groups is 1. The van der Waals surface area contributed by atoms with Crippen molar-refractivity contribution < 1.29 is 51.9 Å². The Hall–Kier alpha value is -3.52. The lowest BCUT2D eigenvalue weighted by atomic mass is 9.76. The van der Waals surface area contributed by atoms with Gasteiger partial charge in [0.2, 0.25) is 21.8 Å². The van der Waals surface area contributed by atoms with Crippen LogP contribution in [-0.4, -0.2) is 131 Å². The Labute approximate surface area is 317 Å². The fourth-order valence-electron chi connectivity index (χ4n) is 7.25. The molecule has 3 aliphatic rings. The molecule has 0 bridgehead atoms. The zero-order valence-electron chi connectivity index (χ0n) is 32.0. The van der Waals surface area contributed by atoms with Gasteiger partial charge in [0.25, 0.3) is 0 Å². The Balaban J connectivity index is 1.59. The molecule has 1 aromatic rings. The molecular weight excluding hydrogens is 726 g/mol. The Morgan fingerprint density at radius 2 is 1.74 bits per heavy atom. The standard InChI is InChI=1S/C35H56BFN6O10S/c1-7-9-29(36(49)50)39-31(45)27-16-24(53-34(48)42-17-22-10-8-11-26(37)25(22)19-42)18-43(27)32(46)30(21-12-14-23(44)15-13-21)40-33(47)38-28(35(2,3)4)20-41(5)54(6,51)52/h8,10-11,21,23-24,27-30,44,49-50H,7,9,12-20H2,1-6H3,(H,39,45)(H2,38,40,47)/t21?,23?,24-,27+,28-,29+,30+/m1/s1. The fraction of sp³-hybridized carbons (Fsp3) is 0.714. The van der Waals surface area contributed by atoms with E-state index in [1.165, 1.54) is 22.9 Å². The second kappa shape index (κ2) is 18.0. The maximum atomic E-state index is 14.6. The monoisotopic (exact) mass is 782 g/mol. The maximum Gasteiger partial charge on any atom is 0.475 e. The van der Waals surface area contributed by atoms with Crippen LogP contribution in [0.4, 0.5) is 14.0 Å². The number of likely N-dealkylation sites (N-methyl/N-ethyl adjacent to an activating group) is 1. The van der Waals surface area contributed by atoms with E-state index in [-0.39, 0.29) is 39.0 Å². The summed E-state index contributed by atoms with van der Waals surface area (Å²) in [5, 5.41) is 38.4. The summed E-state index contributed by atoms with van der Waals surface area (Å²) in [5.74, 6) is -3.29. The second-order valence-corrected chi connectivity index (χ2v) is 18.0. The molecule has 16 nitrogen and oxygen atoms in total. The van der Waals surface area contributed by atoms with Gasteiger partial charge in [0, 0.05) is 38.2 Å². The maximum absolute atomic E-state index is 14.6. The number of rotatable bonds is 13. The number of likely N-dealkylation sites (tertiary alicyclic amines) is 1. The first kappa shape index (κ1) is 43.2. The molecule has 0 spiro atoms. The first-order valence-corrected chi connectivity index (χ1v) is 20.4. The molecule has 0 radical (unpaired) electrons. The summed E-state index contributed by atoms with van der Waals surface area (Å²) < 4.78 is 45.8. The predicted octanol–water partition coefficient (Wildman–Crippen LogP) is 1.07. The number of aliphatic hydroxyl groups excluding tert-OH is 1. The summed E-state index contributed by atoms with van der Waals surface area (Å²) in [5.41, 5.74) is 0.411. The first-order chi connectivity index (χ1) is 25.2. The number of urea groups is 1. The molecule has 302 valence electrons. The van der Waals surface area contributed by atoms with Crippen LogP contribution < -0.4 is 16.0 Å². The zero-order chi connectivity index (χ0) is 40.1. The van der Waals surface area contributed by atoms with Gasteiger partial charge in [-0.2, -0.15) is 0 Å². The lowest BCUT2D eigenvalue weighted by molar-refractivity contribution is -0.141. The lowest BCUT2D eigenvalue weighted by Crippen LogP contribution is -2.61. The highest BCUT2D eigenvalue weighted by molar-refractivity contribution is 7.88. The van der Waals surface area contributed by atoms with Crippen LogP contribution in [0.25, 0.3) is 0 Å². The highest BCUT2D eigenvalue weighted by Crippen LogP contribution is 2.32. The molecule has 2 heterocycles. The van der Waals surface area contributed by atoms with Crippen LogP contribution in [0.5, 0.6) is 0 Å². The van der Waals surface area contributed by atoms with Crippen molar-refractivity contribution in [2.24, 2.45) is 11.3 Å². The molecule has 1 aliphatic carbocycles. The van der Waals surface area contributed by atoms with Crippen molar-refractivity contribution in [2.75, 3.05) is 26.4 Å². The molecule has 1 aromatic carbocycles. The predicted molar refractivity (Wildman–Crippen MR) is 197 cm³/mol. The summed E-state index contributed by atoms with van der Waals surface area (Å²) >= 11 is 0. The minimum Gasteiger partial charge on any atom is -0.444 e. The molecule has 0 aromatic heterocycles. The summed E-state index contributed by atoms with van der Waals surface area (Å²) in [4.78, 5) is 58.1. The number of nitrogens with one attached hydrogen (secondary N) is 3. The topological polar surface area (TPSA) is 218 Å². The van der Waals surface area contributed by atoms with Gasteiger partial charge in [-0.1, -0.05) is 46.2 Å². The van der Waals surface area contributed by atoms with Gasteiger partial charge in [-0.3, -0.25) is 14.5 Å². The third kappa shape index (κ3) is 11.0. The van der Waals surface area contributed by atoms with Crippen LogP contribution in [0.3, 0.4) is 0 Å². The van der Waals surface area contributed by atoms with Crippen molar-refractivity contribution >= 4 is 41.1 Å². The molecule has 1 saturated heterocycles. The first-order valence-electron chi connectivity index (χ1n) is 18.5. The van der Waals surface area contributed by atoms with Crippen molar-refractivity contribution in [1.29, 1.82) is 0 Å². The van der Waals surface area contributed by atoms with Crippen LogP contribution in [0, 0.1) is 17.2 Å².